The van der Waals surface area contributed by atoms with Crippen LogP contribution in [0.2, 0.25) is 0 Å². The Morgan fingerprint density at radius 3 is 2.89 bits per heavy atom. The van der Waals surface area contributed by atoms with Crippen LogP contribution in [-0.4, -0.2) is 54.4 Å². The molecule has 2 aliphatic heterocycles. The first-order chi connectivity index (χ1) is 8.81. The molecule has 0 bridgehead atoms. The minimum atomic E-state index is 0.503. The van der Waals surface area contributed by atoms with Crippen molar-refractivity contribution in [3.05, 3.63) is 17.8 Å². The number of rotatable bonds is 3. The van der Waals surface area contributed by atoms with Crippen molar-refractivity contribution in [2.24, 2.45) is 0 Å². The van der Waals surface area contributed by atoms with Gasteiger partial charge in [-0.25, -0.2) is 0 Å². The van der Waals surface area contributed by atoms with Crippen LogP contribution in [0.4, 0.5) is 5.82 Å². The lowest BCUT2D eigenvalue weighted by Crippen LogP contribution is -2.23. The third kappa shape index (κ3) is 2.62. The Balaban J connectivity index is 1.61. The van der Waals surface area contributed by atoms with Gasteiger partial charge in [-0.05, 0) is 45.1 Å². The van der Waals surface area contributed by atoms with Crippen molar-refractivity contribution in [1.82, 2.24) is 20.4 Å². The van der Waals surface area contributed by atoms with Gasteiger partial charge in [0.15, 0.2) is 0 Å². The maximum absolute atomic E-state index is 4.38. The smallest absolute Gasteiger partial charge is 0.148 e. The summed E-state index contributed by atoms with van der Waals surface area (Å²) in [5.41, 5.74) is 1.13. The first kappa shape index (κ1) is 11.9. The van der Waals surface area contributed by atoms with E-state index >= 15 is 0 Å². The largest absolute Gasteiger partial charge is 0.365 e. The van der Waals surface area contributed by atoms with Crippen molar-refractivity contribution in [3.63, 3.8) is 0 Å². The molecule has 5 heteroatoms. The topological polar surface area (TPSA) is 53.1 Å². The van der Waals surface area contributed by atoms with Crippen LogP contribution in [0.5, 0.6) is 0 Å². The van der Waals surface area contributed by atoms with Crippen LogP contribution in [0.3, 0.4) is 0 Å². The van der Waals surface area contributed by atoms with Crippen LogP contribution in [0.15, 0.2) is 12.1 Å². The highest BCUT2D eigenvalue weighted by atomic mass is 15.2. The summed E-state index contributed by atoms with van der Waals surface area (Å²) in [5, 5.41) is 15.4. The minimum absolute atomic E-state index is 0.503. The Bertz CT molecular complexity index is 385. The molecule has 0 saturated carbocycles. The molecule has 2 N–H and O–H groups in total. The number of hydrogen-bond acceptors (Lipinski definition) is 5. The number of nitrogens with one attached hydrogen (secondary N) is 2. The van der Waals surface area contributed by atoms with Gasteiger partial charge in [0.2, 0.25) is 0 Å². The van der Waals surface area contributed by atoms with Crippen LogP contribution in [-0.2, 0) is 0 Å². The van der Waals surface area contributed by atoms with Gasteiger partial charge in [-0.1, -0.05) is 0 Å². The molecule has 0 aromatic carbocycles. The van der Waals surface area contributed by atoms with E-state index < -0.39 is 0 Å². The monoisotopic (exact) mass is 247 g/mol. The Morgan fingerprint density at radius 2 is 2.28 bits per heavy atom. The van der Waals surface area contributed by atoms with Crippen LogP contribution in [0, 0.1) is 0 Å². The first-order valence-electron chi connectivity index (χ1n) is 6.81. The van der Waals surface area contributed by atoms with Gasteiger partial charge in [-0.3, -0.25) is 0 Å². The van der Waals surface area contributed by atoms with Crippen molar-refractivity contribution in [1.29, 1.82) is 0 Å². The molecular weight excluding hydrogens is 226 g/mol. The highest BCUT2D eigenvalue weighted by molar-refractivity contribution is 5.35. The second-order valence-corrected chi connectivity index (χ2v) is 5.43. The molecule has 2 saturated heterocycles. The standard InChI is InChI=1S/C13H21N5/c1-18-7-5-10(9-18)12-2-3-13(17-16-12)15-11-4-6-14-8-11/h2-3,10-11,14H,4-9H2,1H3,(H,15,17). The summed E-state index contributed by atoms with van der Waals surface area (Å²) in [6, 6.07) is 4.70. The van der Waals surface area contributed by atoms with Crippen molar-refractivity contribution in [2.45, 2.75) is 24.8 Å². The average molecular weight is 247 g/mol. The fraction of sp³-hybridized carbons (Fsp3) is 0.692. The van der Waals surface area contributed by atoms with E-state index in [2.05, 4.69) is 44.9 Å². The van der Waals surface area contributed by atoms with Crippen LogP contribution < -0.4 is 10.6 Å². The van der Waals surface area contributed by atoms with Gasteiger partial charge in [-0.2, -0.15) is 5.10 Å². The molecule has 0 radical (unpaired) electrons. The molecule has 2 aliphatic rings. The maximum Gasteiger partial charge on any atom is 0.148 e. The molecule has 2 unspecified atom stereocenters. The fourth-order valence-electron chi connectivity index (χ4n) is 2.80. The number of anilines is 1. The van der Waals surface area contributed by atoms with Crippen molar-refractivity contribution in [2.75, 3.05) is 38.5 Å². The zero-order valence-corrected chi connectivity index (χ0v) is 10.9. The number of nitrogens with zero attached hydrogens (tertiary/aromatic N) is 3. The van der Waals surface area contributed by atoms with Crippen molar-refractivity contribution < 1.29 is 0 Å². The summed E-state index contributed by atoms with van der Waals surface area (Å²) in [6.45, 7) is 4.39. The van der Waals surface area contributed by atoms with E-state index in [1.807, 2.05) is 0 Å². The fourth-order valence-corrected chi connectivity index (χ4v) is 2.80. The Labute approximate surface area is 108 Å². The van der Waals surface area contributed by atoms with Gasteiger partial charge in [0.1, 0.15) is 5.82 Å². The second kappa shape index (κ2) is 5.20. The highest BCUT2D eigenvalue weighted by Crippen LogP contribution is 2.24. The summed E-state index contributed by atoms with van der Waals surface area (Å²) in [4.78, 5) is 2.35. The van der Waals surface area contributed by atoms with Gasteiger partial charge in [0, 0.05) is 25.0 Å². The van der Waals surface area contributed by atoms with E-state index in [0.29, 0.717) is 12.0 Å². The molecule has 0 spiro atoms. The third-order valence-electron chi connectivity index (χ3n) is 3.91. The number of hydrogen-bond donors (Lipinski definition) is 2. The van der Waals surface area contributed by atoms with Gasteiger partial charge in [-0.15, -0.1) is 5.10 Å². The van der Waals surface area contributed by atoms with Crippen LogP contribution in [0.1, 0.15) is 24.5 Å². The SMILES string of the molecule is CN1CCC(c2ccc(NC3CCNC3)nn2)C1. The molecule has 0 aliphatic carbocycles. The lowest BCUT2D eigenvalue weighted by atomic mass is 10.1. The zero-order chi connectivity index (χ0) is 12.4. The molecule has 0 amide bonds. The molecule has 1 aromatic heterocycles. The normalized spacial score (nSPS) is 28.7. The Morgan fingerprint density at radius 1 is 1.33 bits per heavy atom. The average Bonchev–Trinajstić information content (AvgIpc) is 3.02. The minimum Gasteiger partial charge on any atom is -0.365 e. The Kier molecular flexibility index (Phi) is 3.43. The molecule has 98 valence electrons. The number of likely N-dealkylation sites (N-methyl/N-ethyl adjacent to an activating group) is 1. The first-order valence-corrected chi connectivity index (χ1v) is 6.81. The van der Waals surface area contributed by atoms with Gasteiger partial charge >= 0.3 is 0 Å². The zero-order valence-electron chi connectivity index (χ0n) is 10.9. The van der Waals surface area contributed by atoms with E-state index in [1.54, 1.807) is 0 Å². The van der Waals surface area contributed by atoms with Crippen LogP contribution >= 0.6 is 0 Å². The molecule has 2 atom stereocenters. The lowest BCUT2D eigenvalue weighted by molar-refractivity contribution is 0.410. The van der Waals surface area contributed by atoms with Crippen molar-refractivity contribution >= 4 is 5.82 Å². The van der Waals surface area contributed by atoms with E-state index in [1.165, 1.54) is 13.0 Å². The summed E-state index contributed by atoms with van der Waals surface area (Å²) in [6.07, 6.45) is 2.36. The molecule has 2 fully saturated rings. The molecule has 3 rings (SSSR count). The summed E-state index contributed by atoms with van der Waals surface area (Å²) in [5.74, 6) is 1.46. The highest BCUT2D eigenvalue weighted by Gasteiger charge is 2.22. The molecule has 5 nitrogen and oxygen atoms in total. The van der Waals surface area contributed by atoms with E-state index in [-0.39, 0.29) is 0 Å². The van der Waals surface area contributed by atoms with E-state index in [4.69, 9.17) is 0 Å². The number of aromatic nitrogens is 2. The van der Waals surface area contributed by atoms with Gasteiger partial charge in [0.05, 0.1) is 5.69 Å². The Hall–Kier alpha value is -1.20. The molecular formula is C13H21N5. The predicted octanol–water partition coefficient (Wildman–Crippen LogP) is 0.669. The third-order valence-corrected chi connectivity index (χ3v) is 3.91. The predicted molar refractivity (Wildman–Crippen MR) is 71.8 cm³/mol. The lowest BCUT2D eigenvalue weighted by Gasteiger charge is -2.13. The van der Waals surface area contributed by atoms with Gasteiger partial charge < -0.3 is 15.5 Å². The molecule has 1 aromatic rings. The maximum atomic E-state index is 4.38. The summed E-state index contributed by atoms with van der Waals surface area (Å²) in [7, 11) is 2.16. The van der Waals surface area contributed by atoms with E-state index in [0.717, 1.165) is 37.6 Å². The quantitative estimate of drug-likeness (QED) is 0.822. The van der Waals surface area contributed by atoms with Gasteiger partial charge in [0.25, 0.3) is 0 Å². The summed E-state index contributed by atoms with van der Waals surface area (Å²) < 4.78 is 0. The van der Waals surface area contributed by atoms with E-state index in [9.17, 15) is 0 Å². The summed E-state index contributed by atoms with van der Waals surface area (Å²) >= 11 is 0. The molecule has 3 heterocycles. The number of likely N-dealkylation sites (tertiary alicyclic amines) is 1. The van der Waals surface area contributed by atoms with Crippen molar-refractivity contribution in [3.8, 4) is 0 Å². The second-order valence-electron chi connectivity index (χ2n) is 5.43. The molecule has 18 heavy (non-hydrogen) atoms. The van der Waals surface area contributed by atoms with Crippen LogP contribution in [0.25, 0.3) is 0 Å².